The molecule has 0 aliphatic rings. The van der Waals surface area contributed by atoms with Gasteiger partial charge in [-0.25, -0.2) is 0 Å². The van der Waals surface area contributed by atoms with Gasteiger partial charge in [-0.3, -0.25) is 9.59 Å². The molecular formula is C12H24N2O3. The summed E-state index contributed by atoms with van der Waals surface area (Å²) in [4.78, 5) is 22.8. The van der Waals surface area contributed by atoms with E-state index in [0.29, 0.717) is 26.1 Å². The normalized spacial score (nSPS) is 10.4. The highest BCUT2D eigenvalue weighted by atomic mass is 16.5. The van der Waals surface area contributed by atoms with Gasteiger partial charge in [0.1, 0.15) is 0 Å². The molecule has 0 atom stereocenters. The molecule has 0 rings (SSSR count). The summed E-state index contributed by atoms with van der Waals surface area (Å²) in [6.07, 6.45) is 2.06. The number of hydrogen-bond donors (Lipinski definition) is 2. The van der Waals surface area contributed by atoms with E-state index in [1.165, 1.54) is 0 Å². The second kappa shape index (κ2) is 10.1. The highest BCUT2D eigenvalue weighted by Gasteiger charge is 2.12. The van der Waals surface area contributed by atoms with Gasteiger partial charge in [-0.05, 0) is 12.8 Å². The van der Waals surface area contributed by atoms with Crippen LogP contribution >= 0.6 is 0 Å². The molecular weight excluding hydrogens is 220 g/mol. The fourth-order valence-electron chi connectivity index (χ4n) is 1.47. The van der Waals surface area contributed by atoms with Crippen molar-refractivity contribution in [2.45, 2.75) is 33.1 Å². The Bertz CT molecular complexity index is 228. The first-order valence-electron chi connectivity index (χ1n) is 6.19. The summed E-state index contributed by atoms with van der Waals surface area (Å²) in [6.45, 7) is 5.37. The van der Waals surface area contributed by atoms with Crippen LogP contribution in [0, 0.1) is 5.92 Å². The molecule has 2 N–H and O–H groups in total. The SMILES string of the molecule is CCC(CC)C(=O)NCCNC(=O)CCOC. The summed E-state index contributed by atoms with van der Waals surface area (Å²) in [6, 6.07) is 0. The monoisotopic (exact) mass is 244 g/mol. The maximum absolute atomic E-state index is 11.6. The number of amides is 2. The van der Waals surface area contributed by atoms with Gasteiger partial charge in [0.25, 0.3) is 0 Å². The van der Waals surface area contributed by atoms with Crippen LogP contribution in [0.4, 0.5) is 0 Å². The summed E-state index contributed by atoms with van der Waals surface area (Å²) in [5.74, 6) is 0.101. The largest absolute Gasteiger partial charge is 0.384 e. The van der Waals surface area contributed by atoms with Crippen molar-refractivity contribution in [3.8, 4) is 0 Å². The molecule has 5 heteroatoms. The lowest BCUT2D eigenvalue weighted by Crippen LogP contribution is -2.37. The first-order valence-corrected chi connectivity index (χ1v) is 6.19. The van der Waals surface area contributed by atoms with Crippen LogP contribution in [0.15, 0.2) is 0 Å². The number of methoxy groups -OCH3 is 1. The lowest BCUT2D eigenvalue weighted by molar-refractivity contribution is -0.126. The molecule has 0 aromatic rings. The Kier molecular flexibility index (Phi) is 9.43. The minimum atomic E-state index is -0.0522. The van der Waals surface area contributed by atoms with E-state index in [2.05, 4.69) is 10.6 Å². The molecule has 0 unspecified atom stereocenters. The summed E-state index contributed by atoms with van der Waals surface area (Å²) in [5, 5.41) is 5.53. The highest BCUT2D eigenvalue weighted by Crippen LogP contribution is 2.06. The lowest BCUT2D eigenvalue weighted by atomic mass is 10.0. The van der Waals surface area contributed by atoms with E-state index in [9.17, 15) is 9.59 Å². The standard InChI is InChI=1S/C12H24N2O3/c1-4-10(5-2)12(16)14-8-7-13-11(15)6-9-17-3/h10H,4-9H2,1-3H3,(H,13,15)(H,14,16). The van der Waals surface area contributed by atoms with E-state index in [0.717, 1.165) is 12.8 Å². The summed E-state index contributed by atoms with van der Waals surface area (Å²) in [7, 11) is 1.56. The fraction of sp³-hybridized carbons (Fsp3) is 0.833. The van der Waals surface area contributed by atoms with Crippen molar-refractivity contribution in [1.29, 1.82) is 0 Å². The first-order chi connectivity index (χ1) is 8.15. The molecule has 5 nitrogen and oxygen atoms in total. The van der Waals surface area contributed by atoms with Crippen molar-refractivity contribution in [2.24, 2.45) is 5.92 Å². The number of carbonyl (C=O) groups is 2. The zero-order chi connectivity index (χ0) is 13.1. The van der Waals surface area contributed by atoms with Crippen LogP contribution < -0.4 is 10.6 Å². The van der Waals surface area contributed by atoms with Crippen LogP contribution in [0.2, 0.25) is 0 Å². The molecule has 0 spiro atoms. The second-order valence-corrected chi connectivity index (χ2v) is 3.90. The van der Waals surface area contributed by atoms with E-state index in [-0.39, 0.29) is 17.7 Å². The van der Waals surface area contributed by atoms with Gasteiger partial charge in [0.05, 0.1) is 6.61 Å². The molecule has 2 amide bonds. The third kappa shape index (κ3) is 7.74. The van der Waals surface area contributed by atoms with Crippen LogP contribution in [0.5, 0.6) is 0 Å². The second-order valence-electron chi connectivity index (χ2n) is 3.90. The van der Waals surface area contributed by atoms with Crippen molar-refractivity contribution in [1.82, 2.24) is 10.6 Å². The maximum Gasteiger partial charge on any atom is 0.223 e. The van der Waals surface area contributed by atoms with Gasteiger partial charge in [-0.2, -0.15) is 0 Å². The smallest absolute Gasteiger partial charge is 0.223 e. The van der Waals surface area contributed by atoms with Crippen molar-refractivity contribution < 1.29 is 14.3 Å². The Hall–Kier alpha value is -1.10. The molecule has 0 aromatic heterocycles. The molecule has 0 bridgehead atoms. The predicted molar refractivity (Wildman–Crippen MR) is 66.6 cm³/mol. The first kappa shape index (κ1) is 15.9. The van der Waals surface area contributed by atoms with Crippen molar-refractivity contribution in [2.75, 3.05) is 26.8 Å². The quantitative estimate of drug-likeness (QED) is 0.586. The summed E-state index contributed by atoms with van der Waals surface area (Å²) in [5.41, 5.74) is 0. The minimum Gasteiger partial charge on any atom is -0.384 e. The van der Waals surface area contributed by atoms with Crippen molar-refractivity contribution in [3.05, 3.63) is 0 Å². The molecule has 0 fully saturated rings. The molecule has 17 heavy (non-hydrogen) atoms. The fourth-order valence-corrected chi connectivity index (χ4v) is 1.47. The number of carbonyl (C=O) groups excluding carboxylic acids is 2. The maximum atomic E-state index is 11.6. The Morgan fingerprint density at radius 3 is 2.24 bits per heavy atom. The topological polar surface area (TPSA) is 67.4 Å². The van der Waals surface area contributed by atoms with Crippen molar-refractivity contribution in [3.63, 3.8) is 0 Å². The Balaban J connectivity index is 3.57. The van der Waals surface area contributed by atoms with E-state index < -0.39 is 0 Å². The van der Waals surface area contributed by atoms with Gasteiger partial charge in [0.2, 0.25) is 11.8 Å². The zero-order valence-corrected chi connectivity index (χ0v) is 11.0. The van der Waals surface area contributed by atoms with Crippen molar-refractivity contribution >= 4 is 11.8 Å². The Morgan fingerprint density at radius 1 is 1.12 bits per heavy atom. The van der Waals surface area contributed by atoms with Gasteiger partial charge >= 0.3 is 0 Å². The van der Waals surface area contributed by atoms with Gasteiger partial charge < -0.3 is 15.4 Å². The van der Waals surface area contributed by atoms with Gasteiger partial charge in [0, 0.05) is 32.5 Å². The van der Waals surface area contributed by atoms with Crippen LogP contribution in [-0.4, -0.2) is 38.6 Å². The highest BCUT2D eigenvalue weighted by molar-refractivity contribution is 5.78. The van der Waals surface area contributed by atoms with Crippen LogP contribution in [0.1, 0.15) is 33.1 Å². The number of hydrogen-bond acceptors (Lipinski definition) is 3. The van der Waals surface area contributed by atoms with E-state index >= 15 is 0 Å². The predicted octanol–water partition coefficient (Wildman–Crippen LogP) is 0.691. The van der Waals surface area contributed by atoms with Gasteiger partial charge in [-0.15, -0.1) is 0 Å². The zero-order valence-electron chi connectivity index (χ0n) is 11.0. The van der Waals surface area contributed by atoms with Gasteiger partial charge in [-0.1, -0.05) is 13.8 Å². The average molecular weight is 244 g/mol. The molecule has 0 heterocycles. The Morgan fingerprint density at radius 2 is 1.71 bits per heavy atom. The summed E-state index contributed by atoms with van der Waals surface area (Å²) < 4.78 is 4.79. The van der Waals surface area contributed by atoms with Gasteiger partial charge in [0.15, 0.2) is 0 Å². The molecule has 0 aliphatic carbocycles. The Labute approximate surface area is 103 Å². The average Bonchev–Trinajstić information content (AvgIpc) is 2.33. The van der Waals surface area contributed by atoms with E-state index in [1.807, 2.05) is 13.8 Å². The van der Waals surface area contributed by atoms with E-state index in [4.69, 9.17) is 4.74 Å². The third-order valence-electron chi connectivity index (χ3n) is 2.64. The molecule has 0 radical (unpaired) electrons. The van der Waals surface area contributed by atoms with Crippen LogP contribution in [0.25, 0.3) is 0 Å². The summed E-state index contributed by atoms with van der Waals surface area (Å²) >= 11 is 0. The number of nitrogens with one attached hydrogen (secondary N) is 2. The number of rotatable bonds is 9. The van der Waals surface area contributed by atoms with Crippen LogP contribution in [0.3, 0.4) is 0 Å². The van der Waals surface area contributed by atoms with E-state index in [1.54, 1.807) is 7.11 Å². The molecule has 0 aromatic carbocycles. The molecule has 0 saturated heterocycles. The lowest BCUT2D eigenvalue weighted by Gasteiger charge is -2.12. The minimum absolute atomic E-state index is 0.0522. The molecule has 0 saturated carbocycles. The molecule has 0 aliphatic heterocycles. The third-order valence-corrected chi connectivity index (χ3v) is 2.64. The van der Waals surface area contributed by atoms with Crippen LogP contribution in [-0.2, 0) is 14.3 Å². The molecule has 100 valence electrons. The number of ether oxygens (including phenoxy) is 1.